The first kappa shape index (κ1) is 7.58. The summed E-state index contributed by atoms with van der Waals surface area (Å²) in [7, 11) is 0. The highest BCUT2D eigenvalue weighted by molar-refractivity contribution is 5.77. The molecule has 2 unspecified atom stereocenters. The molecule has 0 radical (unpaired) electrons. The van der Waals surface area contributed by atoms with Crippen LogP contribution in [0, 0.1) is 23.7 Å². The molecule has 0 bridgehead atoms. The van der Waals surface area contributed by atoms with Crippen LogP contribution in [0.1, 0.15) is 12.8 Å². The third-order valence-electron chi connectivity index (χ3n) is 3.08. The van der Waals surface area contributed by atoms with Gasteiger partial charge in [0.2, 0.25) is 0 Å². The van der Waals surface area contributed by atoms with Gasteiger partial charge in [0, 0.05) is 0 Å². The fraction of sp³-hybridized carbons (Fsp3) is 0.750. The second-order valence-corrected chi connectivity index (χ2v) is 3.70. The van der Waals surface area contributed by atoms with E-state index < -0.39 is 11.9 Å². The van der Waals surface area contributed by atoms with Crippen molar-refractivity contribution in [3.63, 3.8) is 0 Å². The fourth-order valence-electron chi connectivity index (χ4n) is 2.41. The molecule has 66 valence electrons. The summed E-state index contributed by atoms with van der Waals surface area (Å²) in [5.74, 6) is -1.73. The number of aliphatic carboxylic acids is 2. The third kappa shape index (κ3) is 0.906. The number of rotatable bonds is 2. The predicted octanol–water partition coefficient (Wildman–Crippen LogP) is 0.428. The van der Waals surface area contributed by atoms with Gasteiger partial charge in [-0.2, -0.15) is 0 Å². The van der Waals surface area contributed by atoms with Crippen LogP contribution >= 0.6 is 0 Å². The summed E-state index contributed by atoms with van der Waals surface area (Å²) in [6.07, 6.45) is 1.13. The Labute approximate surface area is 69.2 Å². The maximum absolute atomic E-state index is 10.5. The van der Waals surface area contributed by atoms with Crippen LogP contribution in [-0.2, 0) is 9.59 Å². The lowest BCUT2D eigenvalue weighted by atomic mass is 10.0. The minimum Gasteiger partial charge on any atom is -0.481 e. The topological polar surface area (TPSA) is 74.6 Å². The van der Waals surface area contributed by atoms with E-state index in [1.165, 1.54) is 0 Å². The van der Waals surface area contributed by atoms with Crippen molar-refractivity contribution in [2.75, 3.05) is 0 Å². The van der Waals surface area contributed by atoms with Crippen molar-refractivity contribution in [2.45, 2.75) is 12.8 Å². The van der Waals surface area contributed by atoms with E-state index in [1.54, 1.807) is 0 Å². The number of fused-ring (bicyclic) bond motifs is 1. The van der Waals surface area contributed by atoms with Crippen LogP contribution in [0.15, 0.2) is 0 Å². The van der Waals surface area contributed by atoms with Crippen molar-refractivity contribution in [3.05, 3.63) is 0 Å². The highest BCUT2D eigenvalue weighted by Crippen LogP contribution is 2.59. The second-order valence-electron chi connectivity index (χ2n) is 3.70. The molecule has 2 rings (SSSR count). The number of hydrogen-bond acceptors (Lipinski definition) is 2. The van der Waals surface area contributed by atoms with E-state index in [1.807, 2.05) is 0 Å². The van der Waals surface area contributed by atoms with Crippen molar-refractivity contribution >= 4 is 11.9 Å². The van der Waals surface area contributed by atoms with Gasteiger partial charge in [-0.15, -0.1) is 0 Å². The molecule has 4 atom stereocenters. The average Bonchev–Trinajstić information content (AvgIpc) is 2.48. The molecule has 0 amide bonds. The van der Waals surface area contributed by atoms with Crippen molar-refractivity contribution in [2.24, 2.45) is 23.7 Å². The summed E-state index contributed by atoms with van der Waals surface area (Å²) in [4.78, 5) is 21.0. The van der Waals surface area contributed by atoms with Crippen LogP contribution in [0.3, 0.4) is 0 Å². The van der Waals surface area contributed by atoms with Crippen LogP contribution in [0.5, 0.6) is 0 Å². The van der Waals surface area contributed by atoms with Crippen molar-refractivity contribution in [3.8, 4) is 0 Å². The largest absolute Gasteiger partial charge is 0.481 e. The smallest absolute Gasteiger partial charge is 0.307 e. The first-order valence-corrected chi connectivity index (χ1v) is 4.07. The normalized spacial score (nSPS) is 43.7. The maximum Gasteiger partial charge on any atom is 0.307 e. The van der Waals surface area contributed by atoms with E-state index in [4.69, 9.17) is 10.2 Å². The summed E-state index contributed by atoms with van der Waals surface area (Å²) in [6, 6.07) is 0. The summed E-state index contributed by atoms with van der Waals surface area (Å²) >= 11 is 0. The van der Waals surface area contributed by atoms with Gasteiger partial charge < -0.3 is 10.2 Å². The van der Waals surface area contributed by atoms with Crippen LogP contribution < -0.4 is 0 Å². The first-order valence-electron chi connectivity index (χ1n) is 4.07. The van der Waals surface area contributed by atoms with E-state index in [2.05, 4.69) is 0 Å². The van der Waals surface area contributed by atoms with Crippen LogP contribution in [0.25, 0.3) is 0 Å². The van der Waals surface area contributed by atoms with E-state index in [0.29, 0.717) is 12.8 Å². The minimum absolute atomic E-state index is 0.156. The van der Waals surface area contributed by atoms with Gasteiger partial charge in [-0.05, 0) is 24.7 Å². The van der Waals surface area contributed by atoms with E-state index in [-0.39, 0.29) is 23.7 Å². The van der Waals surface area contributed by atoms with Crippen molar-refractivity contribution in [1.82, 2.24) is 0 Å². The summed E-state index contributed by atoms with van der Waals surface area (Å²) in [6.45, 7) is 0. The summed E-state index contributed by atoms with van der Waals surface area (Å²) in [5.41, 5.74) is 0. The third-order valence-corrected chi connectivity index (χ3v) is 3.08. The quantitative estimate of drug-likeness (QED) is 0.630. The molecule has 0 spiro atoms. The van der Waals surface area contributed by atoms with Crippen LogP contribution in [0.2, 0.25) is 0 Å². The Morgan fingerprint density at radius 2 is 1.50 bits per heavy atom. The molecule has 0 aromatic heterocycles. The predicted molar refractivity (Wildman–Crippen MR) is 38.5 cm³/mol. The van der Waals surface area contributed by atoms with Gasteiger partial charge in [0.25, 0.3) is 0 Å². The monoisotopic (exact) mass is 170 g/mol. The van der Waals surface area contributed by atoms with Gasteiger partial charge in [-0.3, -0.25) is 9.59 Å². The van der Waals surface area contributed by atoms with Gasteiger partial charge in [-0.1, -0.05) is 0 Å². The summed E-state index contributed by atoms with van der Waals surface area (Å²) < 4.78 is 0. The molecule has 0 aromatic carbocycles. The molecule has 0 saturated heterocycles. The Kier molecular flexibility index (Phi) is 1.40. The molecule has 2 aliphatic carbocycles. The molecule has 2 fully saturated rings. The molecule has 0 heterocycles. The van der Waals surface area contributed by atoms with Crippen LogP contribution in [0.4, 0.5) is 0 Å². The maximum atomic E-state index is 10.5. The molecule has 0 aliphatic heterocycles. The molecule has 0 aromatic rings. The van der Waals surface area contributed by atoms with Crippen molar-refractivity contribution < 1.29 is 19.8 Å². The molecule has 4 heteroatoms. The number of carboxylic acid groups (broad SMARTS) is 2. The van der Waals surface area contributed by atoms with Gasteiger partial charge in [0.1, 0.15) is 0 Å². The van der Waals surface area contributed by atoms with Gasteiger partial charge in [0.05, 0.1) is 11.8 Å². The van der Waals surface area contributed by atoms with E-state index in [9.17, 15) is 9.59 Å². The number of carbonyl (C=O) groups is 2. The minimum atomic E-state index is -0.772. The van der Waals surface area contributed by atoms with Crippen LogP contribution in [-0.4, -0.2) is 22.2 Å². The Morgan fingerprint density at radius 1 is 1.00 bits per heavy atom. The Balaban J connectivity index is 1.94. The van der Waals surface area contributed by atoms with Crippen molar-refractivity contribution in [1.29, 1.82) is 0 Å². The van der Waals surface area contributed by atoms with Gasteiger partial charge in [0.15, 0.2) is 0 Å². The highest BCUT2D eigenvalue weighted by atomic mass is 16.4. The molecule has 2 aliphatic rings. The molecule has 2 saturated carbocycles. The zero-order valence-corrected chi connectivity index (χ0v) is 6.43. The first-order chi connectivity index (χ1) is 5.61. The average molecular weight is 170 g/mol. The molecule has 4 nitrogen and oxygen atoms in total. The zero-order valence-electron chi connectivity index (χ0n) is 6.43. The fourth-order valence-corrected chi connectivity index (χ4v) is 2.41. The molecule has 12 heavy (non-hydrogen) atoms. The molecule has 2 N–H and O–H groups in total. The standard InChI is InChI=1S/C8H10O4/c9-7(10)3-1-4-5(2-3)6(4)8(11)12/h3-6H,1-2H2,(H,9,10)(H,11,12)/t3?,4-,5+,6?. The van der Waals surface area contributed by atoms with Gasteiger partial charge in [-0.25, -0.2) is 0 Å². The molecular weight excluding hydrogens is 160 g/mol. The number of carboxylic acids is 2. The lowest BCUT2D eigenvalue weighted by Crippen LogP contribution is -2.15. The Morgan fingerprint density at radius 3 is 1.83 bits per heavy atom. The number of hydrogen-bond donors (Lipinski definition) is 2. The van der Waals surface area contributed by atoms with E-state index in [0.717, 1.165) is 0 Å². The van der Waals surface area contributed by atoms with Gasteiger partial charge >= 0.3 is 11.9 Å². The van der Waals surface area contributed by atoms with E-state index >= 15 is 0 Å². The highest BCUT2D eigenvalue weighted by Gasteiger charge is 2.61. The summed E-state index contributed by atoms with van der Waals surface area (Å²) in [5, 5.41) is 17.3. The SMILES string of the molecule is O=C(O)C1C[C@@H]2C(C(=O)O)[C@@H]2C1. The Bertz CT molecular complexity index is 223. The lowest BCUT2D eigenvalue weighted by molar-refractivity contribution is -0.144. The zero-order chi connectivity index (χ0) is 8.88. The molecular formula is C8H10O4. The lowest BCUT2D eigenvalue weighted by Gasteiger charge is -2.05. The second kappa shape index (κ2) is 2.21. The Hall–Kier alpha value is -1.06.